The van der Waals surface area contributed by atoms with Crippen molar-refractivity contribution in [1.29, 1.82) is 0 Å². The van der Waals surface area contributed by atoms with Gasteiger partial charge in [-0.25, -0.2) is 0 Å². The third-order valence-corrected chi connectivity index (χ3v) is 8.60. The lowest BCUT2D eigenvalue weighted by atomic mass is 9.90. The molecule has 4 aromatic carbocycles. The normalized spacial score (nSPS) is 15.0. The fourth-order valence-electron chi connectivity index (χ4n) is 6.22. The highest BCUT2D eigenvalue weighted by Crippen LogP contribution is 2.32. The number of piperidine rings is 1. The van der Waals surface area contributed by atoms with Crippen molar-refractivity contribution in [2.24, 2.45) is 0 Å². The molecule has 1 atom stereocenters. The quantitative estimate of drug-likeness (QED) is 0.153. The van der Waals surface area contributed by atoms with Crippen molar-refractivity contribution in [3.05, 3.63) is 131 Å². The van der Waals surface area contributed by atoms with Crippen molar-refractivity contribution in [3.63, 3.8) is 0 Å². The summed E-state index contributed by atoms with van der Waals surface area (Å²) in [7, 11) is 5.79. The summed E-state index contributed by atoms with van der Waals surface area (Å²) in [6.07, 6.45) is 3.25. The molecule has 5 heteroatoms. The van der Waals surface area contributed by atoms with Crippen molar-refractivity contribution < 1.29 is 14.3 Å². The molecule has 1 heterocycles. The lowest BCUT2D eigenvalue weighted by Crippen LogP contribution is -2.40. The topological polar surface area (TPSA) is 42.0 Å². The van der Waals surface area contributed by atoms with Crippen LogP contribution in [0.25, 0.3) is 0 Å². The van der Waals surface area contributed by atoms with Gasteiger partial charge in [0.2, 0.25) is 0 Å². The summed E-state index contributed by atoms with van der Waals surface area (Å²) < 4.78 is 12.0. The Kier molecular flexibility index (Phi) is 10.6. The third kappa shape index (κ3) is 8.13. The van der Waals surface area contributed by atoms with Gasteiger partial charge in [-0.3, -0.25) is 4.79 Å². The summed E-state index contributed by atoms with van der Waals surface area (Å²) in [5, 5.41) is 0. The Labute approximate surface area is 257 Å². The monoisotopic (exact) mass is 576 g/mol. The standard InChI is InChI=1S/C38H44N2O3/c1-39(2)36(34-19-10-11-20-38(34)42-3)21-22-37(41)31-17-12-18-33(27-31)43-32-23-25-40(26-24-32)28-35(29-13-6-4-7-14-29)30-15-8-5-9-16-30/h4-20,27,32,35-36H,21-26,28H2,1-3H3. The van der Waals surface area contributed by atoms with Crippen LogP contribution in [0.15, 0.2) is 109 Å². The molecule has 4 aromatic rings. The highest BCUT2D eigenvalue weighted by atomic mass is 16.5. The number of hydrogen-bond donors (Lipinski definition) is 0. The molecule has 1 aliphatic rings. The van der Waals surface area contributed by atoms with Crippen molar-refractivity contribution in [1.82, 2.24) is 9.80 Å². The maximum absolute atomic E-state index is 13.3. The van der Waals surface area contributed by atoms with Crippen LogP contribution in [0.3, 0.4) is 0 Å². The molecule has 0 spiro atoms. The molecule has 0 N–H and O–H groups in total. The van der Waals surface area contributed by atoms with Crippen LogP contribution in [0.1, 0.15) is 64.7 Å². The molecule has 0 bridgehead atoms. The lowest BCUT2D eigenvalue weighted by molar-refractivity contribution is 0.0953. The van der Waals surface area contributed by atoms with E-state index in [0.717, 1.165) is 49.5 Å². The summed E-state index contributed by atoms with van der Waals surface area (Å²) >= 11 is 0. The predicted octanol–water partition coefficient (Wildman–Crippen LogP) is 7.64. The van der Waals surface area contributed by atoms with Crippen molar-refractivity contribution in [2.45, 2.75) is 43.7 Å². The maximum atomic E-state index is 13.3. The number of rotatable bonds is 13. The number of methoxy groups -OCH3 is 1. The fourth-order valence-corrected chi connectivity index (χ4v) is 6.22. The van der Waals surface area contributed by atoms with Gasteiger partial charge in [0.15, 0.2) is 5.78 Å². The van der Waals surface area contributed by atoms with Crippen LogP contribution < -0.4 is 9.47 Å². The Morgan fingerprint density at radius 1 is 0.837 bits per heavy atom. The molecule has 0 saturated carbocycles. The molecule has 1 aliphatic heterocycles. The van der Waals surface area contributed by atoms with Gasteiger partial charge in [0.25, 0.3) is 0 Å². The summed E-state index contributed by atoms with van der Waals surface area (Å²) in [6, 6.07) is 37.5. The molecule has 1 fully saturated rings. The first kappa shape index (κ1) is 30.5. The second-order valence-electron chi connectivity index (χ2n) is 11.7. The number of ether oxygens (including phenoxy) is 2. The van der Waals surface area contributed by atoms with Gasteiger partial charge in [-0.2, -0.15) is 0 Å². The molecular weight excluding hydrogens is 532 g/mol. The Morgan fingerprint density at radius 3 is 2.09 bits per heavy atom. The number of carbonyl (C=O) groups excluding carboxylic acids is 1. The molecule has 0 aromatic heterocycles. The maximum Gasteiger partial charge on any atom is 0.163 e. The van der Waals surface area contributed by atoms with E-state index >= 15 is 0 Å². The summed E-state index contributed by atoms with van der Waals surface area (Å²) in [5.41, 5.74) is 4.52. The number of carbonyl (C=O) groups is 1. The van der Waals surface area contributed by atoms with E-state index in [-0.39, 0.29) is 17.9 Å². The van der Waals surface area contributed by atoms with Gasteiger partial charge in [-0.1, -0.05) is 91.0 Å². The molecule has 0 aliphatic carbocycles. The number of benzene rings is 4. The van der Waals surface area contributed by atoms with Crippen LogP contribution in [0, 0.1) is 0 Å². The first-order valence-electron chi connectivity index (χ1n) is 15.4. The molecule has 43 heavy (non-hydrogen) atoms. The molecular formula is C38H44N2O3. The number of ketones is 1. The van der Waals surface area contributed by atoms with E-state index in [0.29, 0.717) is 24.3 Å². The van der Waals surface area contributed by atoms with Crippen LogP contribution in [-0.4, -0.2) is 62.5 Å². The van der Waals surface area contributed by atoms with Gasteiger partial charge in [0.05, 0.1) is 7.11 Å². The van der Waals surface area contributed by atoms with Gasteiger partial charge in [-0.05, 0) is 62.7 Å². The van der Waals surface area contributed by atoms with E-state index in [1.54, 1.807) is 7.11 Å². The molecule has 0 amide bonds. The third-order valence-electron chi connectivity index (χ3n) is 8.60. The molecule has 1 unspecified atom stereocenters. The Morgan fingerprint density at radius 2 is 1.47 bits per heavy atom. The van der Waals surface area contributed by atoms with Crippen LogP contribution in [0.4, 0.5) is 0 Å². The fraction of sp³-hybridized carbons (Fsp3) is 0.342. The van der Waals surface area contributed by atoms with Crippen LogP contribution >= 0.6 is 0 Å². The number of hydrogen-bond acceptors (Lipinski definition) is 5. The van der Waals surface area contributed by atoms with E-state index in [9.17, 15) is 4.79 Å². The average molecular weight is 577 g/mol. The van der Waals surface area contributed by atoms with Gasteiger partial charge >= 0.3 is 0 Å². The number of nitrogens with zero attached hydrogens (tertiary/aromatic N) is 2. The minimum absolute atomic E-state index is 0.0908. The minimum atomic E-state index is 0.0908. The highest BCUT2D eigenvalue weighted by Gasteiger charge is 2.25. The summed E-state index contributed by atoms with van der Waals surface area (Å²) in [4.78, 5) is 18.0. The zero-order chi connectivity index (χ0) is 30.0. The zero-order valence-electron chi connectivity index (χ0n) is 25.7. The van der Waals surface area contributed by atoms with Crippen molar-refractivity contribution >= 4 is 5.78 Å². The van der Waals surface area contributed by atoms with Gasteiger partial charge < -0.3 is 19.3 Å². The van der Waals surface area contributed by atoms with Gasteiger partial charge in [-0.15, -0.1) is 0 Å². The van der Waals surface area contributed by atoms with Crippen LogP contribution in [-0.2, 0) is 0 Å². The zero-order valence-corrected chi connectivity index (χ0v) is 25.7. The second-order valence-corrected chi connectivity index (χ2v) is 11.7. The number of Topliss-reactive ketones (excluding diaryl/α,β-unsaturated/α-hetero) is 1. The Bertz CT molecular complexity index is 1390. The largest absolute Gasteiger partial charge is 0.496 e. The van der Waals surface area contributed by atoms with Crippen molar-refractivity contribution in [2.75, 3.05) is 40.8 Å². The van der Waals surface area contributed by atoms with E-state index < -0.39 is 0 Å². The number of para-hydroxylation sites is 1. The molecule has 5 nitrogen and oxygen atoms in total. The minimum Gasteiger partial charge on any atom is -0.496 e. The SMILES string of the molecule is COc1ccccc1C(CCC(=O)c1cccc(OC2CCN(CC(c3ccccc3)c3ccccc3)CC2)c1)N(C)C. The molecule has 5 rings (SSSR count). The first-order valence-corrected chi connectivity index (χ1v) is 15.4. The number of likely N-dealkylation sites (tertiary alicyclic amines) is 1. The van der Waals surface area contributed by atoms with E-state index in [1.165, 1.54) is 11.1 Å². The summed E-state index contributed by atoms with van der Waals surface area (Å²) in [6.45, 7) is 2.98. The predicted molar refractivity (Wildman–Crippen MR) is 174 cm³/mol. The molecule has 1 saturated heterocycles. The molecule has 224 valence electrons. The highest BCUT2D eigenvalue weighted by molar-refractivity contribution is 5.96. The van der Waals surface area contributed by atoms with E-state index in [1.807, 2.05) is 56.6 Å². The second kappa shape index (κ2) is 15.0. The summed E-state index contributed by atoms with van der Waals surface area (Å²) in [5.74, 6) is 2.11. The van der Waals surface area contributed by atoms with Gasteiger partial charge in [0.1, 0.15) is 17.6 Å². The van der Waals surface area contributed by atoms with Crippen LogP contribution in [0.5, 0.6) is 11.5 Å². The van der Waals surface area contributed by atoms with E-state index in [4.69, 9.17) is 9.47 Å². The smallest absolute Gasteiger partial charge is 0.163 e. The Hall–Kier alpha value is -3.93. The van der Waals surface area contributed by atoms with Gasteiger partial charge in [0, 0.05) is 49.1 Å². The first-order chi connectivity index (χ1) is 21.0. The lowest BCUT2D eigenvalue weighted by Gasteiger charge is -2.34. The Balaban J connectivity index is 1.16. The van der Waals surface area contributed by atoms with E-state index in [2.05, 4.69) is 76.5 Å². The van der Waals surface area contributed by atoms with Crippen molar-refractivity contribution in [3.8, 4) is 11.5 Å². The van der Waals surface area contributed by atoms with Crippen LogP contribution in [0.2, 0.25) is 0 Å². The molecule has 0 radical (unpaired) electrons. The average Bonchev–Trinajstić information content (AvgIpc) is 3.05.